The van der Waals surface area contributed by atoms with E-state index in [1.807, 2.05) is 37.3 Å². The number of hydrogen-bond donors (Lipinski definition) is 3. The van der Waals surface area contributed by atoms with Gasteiger partial charge in [-0.15, -0.1) is 0 Å². The van der Waals surface area contributed by atoms with Gasteiger partial charge in [0.15, 0.2) is 0 Å². The number of anilines is 1. The number of aryl methyl sites for hydroxylation is 2. The van der Waals surface area contributed by atoms with Crippen LogP contribution in [0.1, 0.15) is 21.7 Å². The number of amides is 1. The number of carbonyl (C=O) groups is 1. The molecule has 0 atom stereocenters. The maximum atomic E-state index is 12.2. The molecule has 0 radical (unpaired) electrons. The summed E-state index contributed by atoms with van der Waals surface area (Å²) < 4.78 is 0. The first kappa shape index (κ1) is 13.1. The summed E-state index contributed by atoms with van der Waals surface area (Å²) in [5, 5.41) is 16.5. The van der Waals surface area contributed by atoms with Gasteiger partial charge in [-0.25, -0.2) is 0 Å². The van der Waals surface area contributed by atoms with Crippen LogP contribution in [0.5, 0.6) is 0 Å². The Morgan fingerprint density at radius 3 is 2.43 bits per heavy atom. The zero-order chi connectivity index (χ0) is 14.8. The largest absolute Gasteiger partial charge is 0.322 e. The number of rotatable bonds is 3. The minimum atomic E-state index is -0.159. The summed E-state index contributed by atoms with van der Waals surface area (Å²) in [6.07, 6.45) is 1.70. The Kier molecular flexibility index (Phi) is 3.27. The first-order valence-electron chi connectivity index (χ1n) is 6.58. The van der Waals surface area contributed by atoms with Crippen LogP contribution in [0.3, 0.4) is 0 Å². The van der Waals surface area contributed by atoms with Gasteiger partial charge in [0, 0.05) is 17.6 Å². The molecule has 1 aromatic carbocycles. The maximum Gasteiger partial charge on any atom is 0.259 e. The molecule has 2 aromatic heterocycles. The van der Waals surface area contributed by atoms with Crippen molar-refractivity contribution in [2.45, 2.75) is 13.8 Å². The molecule has 0 saturated heterocycles. The fourth-order valence-electron chi connectivity index (χ4n) is 2.23. The van der Waals surface area contributed by atoms with Gasteiger partial charge in [0.05, 0.1) is 17.0 Å². The van der Waals surface area contributed by atoms with Crippen LogP contribution >= 0.6 is 0 Å². The van der Waals surface area contributed by atoms with Crippen LogP contribution in [0.4, 0.5) is 5.69 Å². The summed E-state index contributed by atoms with van der Waals surface area (Å²) >= 11 is 0. The molecule has 21 heavy (non-hydrogen) atoms. The van der Waals surface area contributed by atoms with E-state index in [9.17, 15) is 4.79 Å². The summed E-state index contributed by atoms with van der Waals surface area (Å²) in [5.41, 5.74) is 4.74. The van der Waals surface area contributed by atoms with Crippen LogP contribution in [-0.2, 0) is 0 Å². The molecule has 0 aliphatic carbocycles. The molecule has 0 aliphatic rings. The van der Waals surface area contributed by atoms with Crippen molar-refractivity contribution >= 4 is 11.6 Å². The van der Waals surface area contributed by atoms with E-state index >= 15 is 0 Å². The van der Waals surface area contributed by atoms with Crippen molar-refractivity contribution in [3.63, 3.8) is 0 Å². The lowest BCUT2D eigenvalue weighted by atomic mass is 10.1. The Hall–Kier alpha value is -2.89. The second-order valence-electron chi connectivity index (χ2n) is 4.81. The molecule has 0 bridgehead atoms. The van der Waals surface area contributed by atoms with Crippen molar-refractivity contribution < 1.29 is 4.79 Å². The van der Waals surface area contributed by atoms with Crippen molar-refractivity contribution in [2.75, 3.05) is 5.32 Å². The molecule has 1 amide bonds. The molecule has 106 valence electrons. The lowest BCUT2D eigenvalue weighted by Gasteiger charge is -2.06. The van der Waals surface area contributed by atoms with E-state index in [1.165, 1.54) is 0 Å². The normalized spacial score (nSPS) is 10.6. The summed E-state index contributed by atoms with van der Waals surface area (Å²) in [4.78, 5) is 12.2. The highest BCUT2D eigenvalue weighted by atomic mass is 16.1. The SMILES string of the molecule is Cc1n[nH]c(C)c1C(=O)Nc1ccc(-c2ccn[nH]2)cc1. The lowest BCUT2D eigenvalue weighted by Crippen LogP contribution is -2.13. The van der Waals surface area contributed by atoms with Crippen molar-refractivity contribution in [2.24, 2.45) is 0 Å². The van der Waals surface area contributed by atoms with Gasteiger partial charge in [0.2, 0.25) is 0 Å². The van der Waals surface area contributed by atoms with E-state index in [0.717, 1.165) is 22.6 Å². The molecule has 3 rings (SSSR count). The van der Waals surface area contributed by atoms with Crippen LogP contribution in [0.2, 0.25) is 0 Å². The summed E-state index contributed by atoms with van der Waals surface area (Å²) in [6.45, 7) is 3.63. The fraction of sp³-hybridized carbons (Fsp3) is 0.133. The van der Waals surface area contributed by atoms with Gasteiger partial charge in [-0.3, -0.25) is 15.0 Å². The van der Waals surface area contributed by atoms with Gasteiger partial charge in [-0.2, -0.15) is 10.2 Å². The first-order valence-corrected chi connectivity index (χ1v) is 6.58. The van der Waals surface area contributed by atoms with E-state index < -0.39 is 0 Å². The predicted molar refractivity (Wildman–Crippen MR) is 80.0 cm³/mol. The van der Waals surface area contributed by atoms with Crippen LogP contribution in [0.25, 0.3) is 11.3 Å². The zero-order valence-corrected chi connectivity index (χ0v) is 11.8. The maximum absolute atomic E-state index is 12.2. The highest BCUT2D eigenvalue weighted by Gasteiger charge is 2.15. The highest BCUT2D eigenvalue weighted by Crippen LogP contribution is 2.20. The average molecular weight is 281 g/mol. The van der Waals surface area contributed by atoms with Crippen LogP contribution in [0.15, 0.2) is 36.5 Å². The third-order valence-electron chi connectivity index (χ3n) is 3.31. The molecular weight excluding hydrogens is 266 g/mol. The van der Waals surface area contributed by atoms with Crippen LogP contribution in [0, 0.1) is 13.8 Å². The van der Waals surface area contributed by atoms with Gasteiger partial charge in [0.1, 0.15) is 0 Å². The standard InChI is InChI=1S/C15H15N5O/c1-9-14(10(2)19-18-9)15(21)17-12-5-3-11(4-6-12)13-7-8-16-20-13/h3-8H,1-2H3,(H,16,20)(H,17,21)(H,18,19). The molecule has 0 fully saturated rings. The van der Waals surface area contributed by atoms with Crippen LogP contribution in [-0.4, -0.2) is 26.3 Å². The summed E-state index contributed by atoms with van der Waals surface area (Å²) in [7, 11) is 0. The van der Waals surface area contributed by atoms with Crippen molar-refractivity contribution in [1.29, 1.82) is 0 Å². The topological polar surface area (TPSA) is 86.5 Å². The van der Waals surface area contributed by atoms with Gasteiger partial charge in [-0.05, 0) is 37.6 Å². The zero-order valence-electron chi connectivity index (χ0n) is 11.8. The van der Waals surface area contributed by atoms with E-state index in [-0.39, 0.29) is 5.91 Å². The number of carbonyl (C=O) groups excluding carboxylic acids is 1. The summed E-state index contributed by atoms with van der Waals surface area (Å²) in [6, 6.07) is 9.47. The number of aromatic nitrogens is 4. The van der Waals surface area contributed by atoms with E-state index in [2.05, 4.69) is 25.7 Å². The molecule has 0 unspecified atom stereocenters. The molecule has 3 N–H and O–H groups in total. The fourth-order valence-corrected chi connectivity index (χ4v) is 2.23. The Morgan fingerprint density at radius 1 is 1.10 bits per heavy atom. The molecule has 6 heteroatoms. The molecule has 0 saturated carbocycles. The Labute approximate surface area is 121 Å². The third-order valence-corrected chi connectivity index (χ3v) is 3.31. The highest BCUT2D eigenvalue weighted by molar-refractivity contribution is 6.05. The third kappa shape index (κ3) is 2.55. The molecular formula is C15H15N5O. The number of benzene rings is 1. The van der Waals surface area contributed by atoms with Crippen molar-refractivity contribution in [3.8, 4) is 11.3 Å². The monoisotopic (exact) mass is 281 g/mol. The molecule has 6 nitrogen and oxygen atoms in total. The quantitative estimate of drug-likeness (QED) is 0.689. The number of nitrogens with one attached hydrogen (secondary N) is 3. The number of aromatic amines is 2. The molecule has 2 heterocycles. The van der Waals surface area contributed by atoms with Gasteiger partial charge in [0.25, 0.3) is 5.91 Å². The second-order valence-corrected chi connectivity index (χ2v) is 4.81. The molecule has 0 aliphatic heterocycles. The number of nitrogens with zero attached hydrogens (tertiary/aromatic N) is 2. The summed E-state index contributed by atoms with van der Waals surface area (Å²) in [5.74, 6) is -0.159. The minimum absolute atomic E-state index is 0.159. The Balaban J connectivity index is 1.78. The first-order chi connectivity index (χ1) is 10.1. The van der Waals surface area contributed by atoms with Gasteiger partial charge >= 0.3 is 0 Å². The number of hydrogen-bond acceptors (Lipinski definition) is 3. The minimum Gasteiger partial charge on any atom is -0.322 e. The van der Waals surface area contributed by atoms with E-state index in [1.54, 1.807) is 13.1 Å². The van der Waals surface area contributed by atoms with Gasteiger partial charge in [-0.1, -0.05) is 12.1 Å². The van der Waals surface area contributed by atoms with Gasteiger partial charge < -0.3 is 5.32 Å². The van der Waals surface area contributed by atoms with Crippen LogP contribution < -0.4 is 5.32 Å². The van der Waals surface area contributed by atoms with Crippen molar-refractivity contribution in [3.05, 3.63) is 53.5 Å². The smallest absolute Gasteiger partial charge is 0.259 e. The van der Waals surface area contributed by atoms with E-state index in [0.29, 0.717) is 11.3 Å². The molecule has 3 aromatic rings. The van der Waals surface area contributed by atoms with E-state index in [4.69, 9.17) is 0 Å². The number of H-pyrrole nitrogens is 2. The predicted octanol–water partition coefficient (Wildman–Crippen LogP) is 2.67. The average Bonchev–Trinajstić information content (AvgIpc) is 3.10. The Morgan fingerprint density at radius 2 is 1.86 bits per heavy atom. The Bertz CT molecular complexity index is 736. The second kappa shape index (κ2) is 5.24. The lowest BCUT2D eigenvalue weighted by molar-refractivity contribution is 0.102. The van der Waals surface area contributed by atoms with Crippen molar-refractivity contribution in [1.82, 2.24) is 20.4 Å². The molecule has 0 spiro atoms.